The fraction of sp³-hybridized carbons (Fsp3) is 0.421. The minimum atomic E-state index is -0.740. The van der Waals surface area contributed by atoms with Gasteiger partial charge in [-0.15, -0.1) is 13.2 Å². The van der Waals surface area contributed by atoms with Crippen LogP contribution in [0.25, 0.3) is 0 Å². The molecule has 1 heterocycles. The van der Waals surface area contributed by atoms with Crippen LogP contribution in [0, 0.1) is 0 Å². The first-order chi connectivity index (χ1) is 12.2. The van der Waals surface area contributed by atoms with Crippen LogP contribution in [0.2, 0.25) is 0 Å². The van der Waals surface area contributed by atoms with E-state index in [1.807, 2.05) is 24.3 Å². The number of methoxy groups -OCH3 is 1. The first-order valence-electron chi connectivity index (χ1n) is 8.14. The molecule has 1 fully saturated rings. The molecule has 1 unspecified atom stereocenters. The molecule has 2 rings (SSSR count). The van der Waals surface area contributed by atoms with E-state index in [1.165, 1.54) is 0 Å². The highest BCUT2D eigenvalue weighted by Crippen LogP contribution is 2.30. The van der Waals surface area contributed by atoms with Gasteiger partial charge in [0.05, 0.1) is 20.3 Å². The van der Waals surface area contributed by atoms with Gasteiger partial charge in [-0.2, -0.15) is 0 Å². The zero-order valence-electron chi connectivity index (χ0n) is 14.4. The Morgan fingerprint density at radius 2 is 2.04 bits per heavy atom. The van der Waals surface area contributed by atoms with E-state index in [0.717, 1.165) is 11.3 Å². The van der Waals surface area contributed by atoms with Gasteiger partial charge in [-0.05, 0) is 25.0 Å². The summed E-state index contributed by atoms with van der Waals surface area (Å²) in [5, 5.41) is 0. The Morgan fingerprint density at radius 3 is 2.68 bits per heavy atom. The largest absolute Gasteiger partial charge is 0.508 e. The number of carbonyl (C=O) groups is 1. The highest BCUT2D eigenvalue weighted by atomic mass is 16.8. The highest BCUT2D eigenvalue weighted by Gasteiger charge is 2.35. The second-order valence-electron chi connectivity index (χ2n) is 5.47. The van der Waals surface area contributed by atoms with Crippen molar-refractivity contribution in [3.63, 3.8) is 0 Å². The third-order valence-electron chi connectivity index (χ3n) is 3.70. The van der Waals surface area contributed by atoms with Crippen LogP contribution in [0.4, 0.5) is 4.79 Å². The molecule has 0 bridgehead atoms. The highest BCUT2D eigenvalue weighted by molar-refractivity contribution is 5.60. The number of hydrogen-bond acceptors (Lipinski definition) is 6. The normalized spacial score (nSPS) is 22.7. The summed E-state index contributed by atoms with van der Waals surface area (Å²) in [5.74, 6) is 0.755. The van der Waals surface area contributed by atoms with E-state index >= 15 is 0 Å². The predicted octanol–water partition coefficient (Wildman–Crippen LogP) is 3.78. The van der Waals surface area contributed by atoms with Gasteiger partial charge in [0.15, 0.2) is 12.4 Å². The summed E-state index contributed by atoms with van der Waals surface area (Å²) in [6.45, 7) is 7.74. The molecule has 0 aromatic heterocycles. The van der Waals surface area contributed by atoms with Gasteiger partial charge in [0.25, 0.3) is 0 Å². The van der Waals surface area contributed by atoms with Gasteiger partial charge in [-0.1, -0.05) is 24.3 Å². The molecule has 136 valence electrons. The first-order valence-corrected chi connectivity index (χ1v) is 8.14. The lowest BCUT2D eigenvalue weighted by Crippen LogP contribution is -2.43. The maximum absolute atomic E-state index is 11.7. The van der Waals surface area contributed by atoms with E-state index in [1.54, 1.807) is 19.3 Å². The third-order valence-corrected chi connectivity index (χ3v) is 3.70. The van der Waals surface area contributed by atoms with Crippen LogP contribution in [0.3, 0.4) is 0 Å². The van der Waals surface area contributed by atoms with Crippen LogP contribution < -0.4 is 4.74 Å². The molecule has 1 aromatic rings. The average molecular weight is 348 g/mol. The molecule has 1 aliphatic rings. The standard InChI is InChI=1S/C19H24O6/c1-4-6-12-22-19(20)25-17-13-23-18(24-16(17)7-5-2)14-8-10-15(21-3)11-9-14/h4-5,8-11,16-18H,1-2,6-7,12-13H2,3H3/t16-,17+,18?/m0/s1. The third kappa shape index (κ3) is 5.62. The van der Waals surface area contributed by atoms with Crippen LogP contribution >= 0.6 is 0 Å². The van der Waals surface area contributed by atoms with E-state index in [-0.39, 0.29) is 19.3 Å². The smallest absolute Gasteiger partial charge is 0.497 e. The summed E-state index contributed by atoms with van der Waals surface area (Å²) in [6.07, 6.45) is 2.31. The molecular formula is C19H24O6. The van der Waals surface area contributed by atoms with Crippen molar-refractivity contribution >= 4 is 6.16 Å². The molecule has 25 heavy (non-hydrogen) atoms. The Hall–Kier alpha value is -2.31. The molecule has 1 aromatic carbocycles. The van der Waals surface area contributed by atoms with Gasteiger partial charge in [-0.3, -0.25) is 0 Å². The lowest BCUT2D eigenvalue weighted by molar-refractivity contribution is -0.257. The summed E-state index contributed by atoms with van der Waals surface area (Å²) < 4.78 is 27.1. The zero-order valence-corrected chi connectivity index (χ0v) is 14.4. The first kappa shape index (κ1) is 19.0. The summed E-state index contributed by atoms with van der Waals surface area (Å²) in [5.41, 5.74) is 0.863. The number of carbonyl (C=O) groups excluding carboxylic acids is 1. The summed E-state index contributed by atoms with van der Waals surface area (Å²) in [7, 11) is 1.61. The van der Waals surface area contributed by atoms with Gasteiger partial charge < -0.3 is 23.7 Å². The van der Waals surface area contributed by atoms with E-state index in [4.69, 9.17) is 23.7 Å². The Kier molecular flexibility index (Phi) is 7.50. The van der Waals surface area contributed by atoms with E-state index in [2.05, 4.69) is 13.2 Å². The van der Waals surface area contributed by atoms with Crippen LogP contribution in [0.1, 0.15) is 24.7 Å². The number of benzene rings is 1. The molecule has 0 radical (unpaired) electrons. The molecule has 0 N–H and O–H groups in total. The fourth-order valence-electron chi connectivity index (χ4n) is 2.38. The topological polar surface area (TPSA) is 63.2 Å². The molecule has 1 saturated heterocycles. The number of rotatable bonds is 8. The van der Waals surface area contributed by atoms with Crippen LogP contribution in [-0.2, 0) is 18.9 Å². The Bertz CT molecular complexity index is 568. The van der Waals surface area contributed by atoms with E-state index in [9.17, 15) is 4.79 Å². The van der Waals surface area contributed by atoms with Gasteiger partial charge in [0, 0.05) is 5.56 Å². The van der Waals surface area contributed by atoms with Gasteiger partial charge in [0.2, 0.25) is 0 Å². The minimum Gasteiger partial charge on any atom is -0.497 e. The molecule has 0 spiro atoms. The SMILES string of the molecule is C=CCCOC(=O)O[C@@H]1COC(c2ccc(OC)cc2)O[C@H]1CC=C. The van der Waals surface area contributed by atoms with E-state index < -0.39 is 18.5 Å². The molecule has 6 nitrogen and oxygen atoms in total. The van der Waals surface area contributed by atoms with Crippen LogP contribution in [0.5, 0.6) is 5.75 Å². The molecule has 1 aliphatic heterocycles. The summed E-state index contributed by atoms with van der Waals surface area (Å²) in [6, 6.07) is 7.42. The minimum absolute atomic E-state index is 0.214. The molecule has 6 heteroatoms. The molecular weight excluding hydrogens is 324 g/mol. The van der Waals surface area contributed by atoms with E-state index in [0.29, 0.717) is 12.8 Å². The fourth-order valence-corrected chi connectivity index (χ4v) is 2.38. The predicted molar refractivity (Wildman–Crippen MR) is 92.4 cm³/mol. The number of hydrogen-bond donors (Lipinski definition) is 0. The van der Waals surface area contributed by atoms with Gasteiger partial charge in [-0.25, -0.2) is 4.79 Å². The van der Waals surface area contributed by atoms with Crippen molar-refractivity contribution in [2.24, 2.45) is 0 Å². The maximum Gasteiger partial charge on any atom is 0.508 e. The Morgan fingerprint density at radius 1 is 1.28 bits per heavy atom. The van der Waals surface area contributed by atoms with Crippen molar-refractivity contribution in [3.05, 3.63) is 55.1 Å². The Labute approximate surface area is 148 Å². The van der Waals surface area contributed by atoms with Crippen molar-refractivity contribution in [2.75, 3.05) is 20.3 Å². The van der Waals surface area contributed by atoms with Crippen molar-refractivity contribution < 1.29 is 28.5 Å². The van der Waals surface area contributed by atoms with Gasteiger partial charge >= 0.3 is 6.16 Å². The van der Waals surface area contributed by atoms with Gasteiger partial charge in [0.1, 0.15) is 11.9 Å². The molecule has 3 atom stereocenters. The van der Waals surface area contributed by atoms with Crippen LogP contribution in [0.15, 0.2) is 49.6 Å². The second kappa shape index (κ2) is 9.86. The van der Waals surface area contributed by atoms with Crippen molar-refractivity contribution in [1.82, 2.24) is 0 Å². The quantitative estimate of drug-likeness (QED) is 0.405. The monoisotopic (exact) mass is 348 g/mol. The maximum atomic E-state index is 11.7. The molecule has 0 saturated carbocycles. The molecule has 0 aliphatic carbocycles. The van der Waals surface area contributed by atoms with Crippen molar-refractivity contribution in [2.45, 2.75) is 31.3 Å². The Balaban J connectivity index is 1.95. The lowest BCUT2D eigenvalue weighted by atomic mass is 10.1. The van der Waals surface area contributed by atoms with Crippen molar-refractivity contribution in [3.8, 4) is 5.75 Å². The van der Waals surface area contributed by atoms with Crippen molar-refractivity contribution in [1.29, 1.82) is 0 Å². The number of ether oxygens (including phenoxy) is 5. The molecule has 0 amide bonds. The second-order valence-corrected chi connectivity index (χ2v) is 5.47. The zero-order chi connectivity index (χ0) is 18.1. The summed E-state index contributed by atoms with van der Waals surface area (Å²) in [4.78, 5) is 11.7. The van der Waals surface area contributed by atoms with Crippen LogP contribution in [-0.4, -0.2) is 38.7 Å². The average Bonchev–Trinajstić information content (AvgIpc) is 2.64. The lowest BCUT2D eigenvalue weighted by Gasteiger charge is -2.35. The summed E-state index contributed by atoms with van der Waals surface area (Å²) >= 11 is 0.